The quantitative estimate of drug-likeness (QED) is 0.600. The number of hydrogen-bond donors (Lipinski definition) is 0. The summed E-state index contributed by atoms with van der Waals surface area (Å²) in [7, 11) is -1.54. The fraction of sp³-hybridized carbons (Fsp3) is 0.200. The van der Waals surface area contributed by atoms with Gasteiger partial charge in [-0.25, -0.2) is 13.6 Å². The van der Waals surface area contributed by atoms with Crippen LogP contribution in [0.5, 0.6) is 0 Å². The molecule has 2 nitrogen and oxygen atoms in total. The number of hydrogen-bond acceptors (Lipinski definition) is 1. The minimum atomic E-state index is -1.54. The fourth-order valence-corrected chi connectivity index (χ4v) is 3.03. The minimum absolute atomic E-state index is 0.164. The Bertz CT molecular complexity index is 700. The molecule has 2 aromatic rings. The molecule has 0 atom stereocenters. The molecule has 0 unspecified atom stereocenters. The van der Waals surface area contributed by atoms with Gasteiger partial charge in [0.15, 0.2) is 0 Å². The van der Waals surface area contributed by atoms with Gasteiger partial charge in [0.1, 0.15) is 11.6 Å². The van der Waals surface area contributed by atoms with Crippen LogP contribution in [0.1, 0.15) is 0 Å². The molecule has 1 aromatic carbocycles. The van der Waals surface area contributed by atoms with E-state index in [-0.39, 0.29) is 5.56 Å². The van der Waals surface area contributed by atoms with Crippen LogP contribution in [0.2, 0.25) is 19.6 Å². The van der Waals surface area contributed by atoms with E-state index in [1.54, 1.807) is 6.20 Å². The van der Waals surface area contributed by atoms with Crippen molar-refractivity contribution < 1.29 is 8.78 Å². The van der Waals surface area contributed by atoms with E-state index in [1.165, 1.54) is 6.07 Å². The predicted molar refractivity (Wildman–Crippen MR) is 78.8 cm³/mol. The Morgan fingerprint density at radius 2 is 1.85 bits per heavy atom. The van der Waals surface area contributed by atoms with Gasteiger partial charge in [0.05, 0.1) is 20.3 Å². The highest BCUT2D eigenvalue weighted by Crippen LogP contribution is 2.30. The zero-order valence-corrected chi connectivity index (χ0v) is 12.5. The Morgan fingerprint density at radius 1 is 1.15 bits per heavy atom. The van der Waals surface area contributed by atoms with Gasteiger partial charge < -0.3 is 0 Å². The van der Waals surface area contributed by atoms with Crippen LogP contribution in [-0.2, 0) is 0 Å². The van der Waals surface area contributed by atoms with Gasteiger partial charge >= 0.3 is 0 Å². The molecular formula is C15H14F2N2Si. The van der Waals surface area contributed by atoms with Crippen LogP contribution in [-0.4, -0.2) is 13.1 Å². The van der Waals surface area contributed by atoms with Crippen molar-refractivity contribution in [1.82, 2.24) is 4.98 Å². The lowest BCUT2D eigenvalue weighted by Gasteiger charge is -2.17. The Morgan fingerprint density at radius 3 is 2.45 bits per heavy atom. The standard InChI is InChI=1S/C15H14F2N2Si/c1-18-15-12(16)6-5-11(14(15)17)13-9-10(7-8-19-13)20(2,3)4/h5-9H,2-4H3. The van der Waals surface area contributed by atoms with Crippen molar-refractivity contribution in [3.63, 3.8) is 0 Å². The van der Waals surface area contributed by atoms with Crippen LogP contribution in [0.3, 0.4) is 0 Å². The van der Waals surface area contributed by atoms with Gasteiger partial charge in [-0.05, 0) is 24.3 Å². The van der Waals surface area contributed by atoms with Crippen molar-refractivity contribution in [1.29, 1.82) is 0 Å². The molecule has 0 aliphatic heterocycles. The summed E-state index contributed by atoms with van der Waals surface area (Å²) in [5.41, 5.74) is 0.0209. The molecule has 0 radical (unpaired) electrons. The molecule has 0 bridgehead atoms. The monoisotopic (exact) mass is 288 g/mol. The van der Waals surface area contributed by atoms with E-state index in [0.29, 0.717) is 5.69 Å². The van der Waals surface area contributed by atoms with E-state index in [0.717, 1.165) is 11.3 Å². The van der Waals surface area contributed by atoms with Crippen LogP contribution in [0.15, 0.2) is 30.5 Å². The lowest BCUT2D eigenvalue weighted by atomic mass is 10.1. The van der Waals surface area contributed by atoms with Crippen molar-refractivity contribution in [3.8, 4) is 11.3 Å². The average molecular weight is 288 g/mol. The van der Waals surface area contributed by atoms with Gasteiger partial charge in [0, 0.05) is 11.8 Å². The molecule has 0 aliphatic rings. The maximum atomic E-state index is 14.2. The van der Waals surface area contributed by atoms with E-state index in [2.05, 4.69) is 29.5 Å². The third-order valence-corrected chi connectivity index (χ3v) is 5.12. The molecule has 0 N–H and O–H groups in total. The van der Waals surface area contributed by atoms with Crippen LogP contribution in [0.25, 0.3) is 16.1 Å². The summed E-state index contributed by atoms with van der Waals surface area (Å²) in [6, 6.07) is 6.19. The summed E-state index contributed by atoms with van der Waals surface area (Å²) >= 11 is 0. The van der Waals surface area contributed by atoms with E-state index < -0.39 is 25.4 Å². The third-order valence-electron chi connectivity index (χ3n) is 3.08. The first-order valence-corrected chi connectivity index (χ1v) is 9.67. The highest BCUT2D eigenvalue weighted by Gasteiger charge is 2.20. The zero-order valence-electron chi connectivity index (χ0n) is 11.5. The van der Waals surface area contributed by atoms with Crippen LogP contribution in [0, 0.1) is 18.2 Å². The number of pyridine rings is 1. The van der Waals surface area contributed by atoms with Gasteiger partial charge in [-0.3, -0.25) is 4.98 Å². The summed E-state index contributed by atoms with van der Waals surface area (Å²) in [6.45, 7) is 13.4. The number of aromatic nitrogens is 1. The normalized spacial score (nSPS) is 11.2. The SMILES string of the molecule is [C-]#[N+]c1c(F)ccc(-c2cc([Si](C)(C)C)ccn2)c1F. The highest BCUT2D eigenvalue weighted by molar-refractivity contribution is 6.88. The molecule has 1 aromatic heterocycles. The van der Waals surface area contributed by atoms with E-state index in [4.69, 9.17) is 6.57 Å². The van der Waals surface area contributed by atoms with Crippen molar-refractivity contribution in [2.24, 2.45) is 0 Å². The maximum absolute atomic E-state index is 14.2. The Labute approximate surface area is 117 Å². The molecule has 0 spiro atoms. The first-order chi connectivity index (χ1) is 9.34. The molecule has 102 valence electrons. The molecule has 2 rings (SSSR count). The van der Waals surface area contributed by atoms with Crippen LogP contribution < -0.4 is 5.19 Å². The van der Waals surface area contributed by atoms with Crippen LogP contribution >= 0.6 is 0 Å². The topological polar surface area (TPSA) is 17.2 Å². The molecule has 0 saturated heterocycles. The van der Waals surface area contributed by atoms with E-state index >= 15 is 0 Å². The van der Waals surface area contributed by atoms with Gasteiger partial charge in [-0.1, -0.05) is 24.8 Å². The summed E-state index contributed by atoms with van der Waals surface area (Å²) in [6.07, 6.45) is 1.63. The van der Waals surface area contributed by atoms with Crippen molar-refractivity contribution in [3.05, 3.63) is 53.5 Å². The van der Waals surface area contributed by atoms with Gasteiger partial charge in [0.25, 0.3) is 5.69 Å². The Balaban J connectivity index is 2.62. The fourth-order valence-electron chi connectivity index (χ4n) is 1.89. The van der Waals surface area contributed by atoms with Crippen molar-refractivity contribution in [2.75, 3.05) is 0 Å². The van der Waals surface area contributed by atoms with Gasteiger partial charge in [-0.15, -0.1) is 0 Å². The second kappa shape index (κ2) is 5.14. The first kappa shape index (κ1) is 14.3. The molecule has 0 fully saturated rings. The number of nitrogens with zero attached hydrogens (tertiary/aromatic N) is 2. The molecular weight excluding hydrogens is 274 g/mol. The van der Waals surface area contributed by atoms with Gasteiger partial charge in [0.2, 0.25) is 0 Å². The Kier molecular flexibility index (Phi) is 3.69. The molecule has 1 heterocycles. The van der Waals surface area contributed by atoms with Crippen LogP contribution in [0.4, 0.5) is 14.5 Å². The summed E-state index contributed by atoms with van der Waals surface area (Å²) in [5.74, 6) is -1.69. The number of halogens is 2. The second-order valence-corrected chi connectivity index (χ2v) is 10.6. The number of rotatable bonds is 2. The Hall–Kier alpha value is -2.06. The smallest absolute Gasteiger partial charge is 0.256 e. The largest absolute Gasteiger partial charge is 0.257 e. The lowest BCUT2D eigenvalue weighted by Crippen LogP contribution is -2.37. The first-order valence-electron chi connectivity index (χ1n) is 6.17. The molecule has 0 saturated carbocycles. The molecule has 0 amide bonds. The summed E-state index contributed by atoms with van der Waals surface area (Å²) in [5, 5.41) is 1.13. The summed E-state index contributed by atoms with van der Waals surface area (Å²) < 4.78 is 27.5. The van der Waals surface area contributed by atoms with Crippen molar-refractivity contribution in [2.45, 2.75) is 19.6 Å². The highest BCUT2D eigenvalue weighted by atomic mass is 28.3. The molecule has 5 heteroatoms. The predicted octanol–water partition coefficient (Wildman–Crippen LogP) is 4.12. The lowest BCUT2D eigenvalue weighted by molar-refractivity contribution is 0.595. The maximum Gasteiger partial charge on any atom is 0.257 e. The summed E-state index contributed by atoms with van der Waals surface area (Å²) in [4.78, 5) is 7.05. The second-order valence-electron chi connectivity index (χ2n) is 5.55. The minimum Gasteiger partial charge on any atom is -0.256 e. The van der Waals surface area contributed by atoms with Crippen molar-refractivity contribution >= 4 is 18.9 Å². The molecule has 20 heavy (non-hydrogen) atoms. The third kappa shape index (κ3) is 2.61. The molecule has 0 aliphatic carbocycles. The average Bonchev–Trinajstić information content (AvgIpc) is 2.38. The van der Waals surface area contributed by atoms with E-state index in [9.17, 15) is 8.78 Å². The zero-order chi connectivity index (χ0) is 14.9. The van der Waals surface area contributed by atoms with Gasteiger partial charge in [-0.2, -0.15) is 0 Å². The van der Waals surface area contributed by atoms with E-state index in [1.807, 2.05) is 12.1 Å². The number of benzene rings is 1.